The average Bonchev–Trinajstić information content (AvgIpc) is 2.63. The van der Waals surface area contributed by atoms with E-state index in [0.29, 0.717) is 19.6 Å². The quantitative estimate of drug-likeness (QED) is 0.730. The van der Waals surface area contributed by atoms with Crippen molar-refractivity contribution in [3.05, 3.63) is 59.4 Å². The summed E-state index contributed by atoms with van der Waals surface area (Å²) in [6, 6.07) is 12.9. The average molecular weight is 374 g/mol. The lowest BCUT2D eigenvalue weighted by Crippen LogP contribution is -2.35. The van der Waals surface area contributed by atoms with Gasteiger partial charge in [0, 0.05) is 49.4 Å². The number of carbonyl (C=O) groups excluding carboxylic acids is 1. The van der Waals surface area contributed by atoms with Crippen molar-refractivity contribution in [2.75, 3.05) is 20.3 Å². The number of ketones is 1. The van der Waals surface area contributed by atoms with Crippen LogP contribution in [-0.2, 0) is 26.3 Å². The number of ether oxygens (including phenoxy) is 2. The van der Waals surface area contributed by atoms with E-state index >= 15 is 0 Å². The van der Waals surface area contributed by atoms with E-state index in [4.69, 9.17) is 9.47 Å². The molecular formula is C21H23FO3S. The van der Waals surface area contributed by atoms with E-state index in [-0.39, 0.29) is 11.6 Å². The Bertz CT molecular complexity index is 767. The minimum Gasteiger partial charge on any atom is -0.381 e. The number of Topliss-reactive ketones (excluding diaryl/α,β-unsaturated/α-hetero) is 1. The minimum absolute atomic E-state index is 0.140. The Kier molecular flexibility index (Phi) is 6.12. The summed E-state index contributed by atoms with van der Waals surface area (Å²) in [6.45, 7) is 2.81. The van der Waals surface area contributed by atoms with E-state index in [2.05, 4.69) is 0 Å². The van der Waals surface area contributed by atoms with Crippen molar-refractivity contribution in [3.63, 3.8) is 0 Å². The second kappa shape index (κ2) is 8.33. The summed E-state index contributed by atoms with van der Waals surface area (Å²) < 4.78 is 25.5. The molecule has 26 heavy (non-hydrogen) atoms. The van der Waals surface area contributed by atoms with Crippen LogP contribution in [0.3, 0.4) is 0 Å². The lowest BCUT2D eigenvalue weighted by molar-refractivity contribution is -0.116. The first-order valence-corrected chi connectivity index (χ1v) is 9.53. The topological polar surface area (TPSA) is 35.5 Å². The normalized spacial score (nSPS) is 16.4. The number of carbonyl (C=O) groups is 1. The zero-order valence-electron chi connectivity index (χ0n) is 15.1. The molecule has 0 N–H and O–H groups in total. The van der Waals surface area contributed by atoms with Crippen LogP contribution in [0, 0.1) is 5.82 Å². The maximum Gasteiger partial charge on any atom is 0.134 e. The first-order chi connectivity index (χ1) is 12.5. The van der Waals surface area contributed by atoms with E-state index in [0.717, 1.165) is 33.8 Å². The molecular weight excluding hydrogens is 351 g/mol. The fourth-order valence-corrected chi connectivity index (χ4v) is 4.20. The van der Waals surface area contributed by atoms with Crippen LogP contribution in [0.1, 0.15) is 30.9 Å². The van der Waals surface area contributed by atoms with Gasteiger partial charge in [-0.15, -0.1) is 0 Å². The predicted molar refractivity (Wildman–Crippen MR) is 100 cm³/mol. The Labute approximate surface area is 157 Å². The summed E-state index contributed by atoms with van der Waals surface area (Å²) in [5.74, 6) is -0.123. The number of hydrogen-bond acceptors (Lipinski definition) is 4. The molecule has 1 aliphatic rings. The van der Waals surface area contributed by atoms with E-state index in [1.165, 1.54) is 11.8 Å². The SMILES string of the molecule is COC1(c2cc(F)cc(Sc3ccc(CC(C)=O)cc3)c2)CCOCC1. The molecule has 0 radical (unpaired) electrons. The molecule has 0 spiro atoms. The van der Waals surface area contributed by atoms with Crippen LogP contribution in [-0.4, -0.2) is 26.1 Å². The van der Waals surface area contributed by atoms with Crippen LogP contribution in [0.25, 0.3) is 0 Å². The molecule has 2 aromatic rings. The third-order valence-electron chi connectivity index (χ3n) is 4.70. The molecule has 2 aromatic carbocycles. The summed E-state index contributed by atoms with van der Waals surface area (Å²) in [6.07, 6.45) is 1.88. The monoisotopic (exact) mass is 374 g/mol. The van der Waals surface area contributed by atoms with Gasteiger partial charge in [-0.1, -0.05) is 23.9 Å². The van der Waals surface area contributed by atoms with Gasteiger partial charge >= 0.3 is 0 Å². The van der Waals surface area contributed by atoms with Crippen molar-refractivity contribution in [3.8, 4) is 0 Å². The largest absolute Gasteiger partial charge is 0.381 e. The van der Waals surface area contributed by atoms with E-state index < -0.39 is 5.60 Å². The second-order valence-corrected chi connectivity index (χ2v) is 7.76. The third kappa shape index (κ3) is 4.53. The molecule has 138 valence electrons. The van der Waals surface area contributed by atoms with Crippen LogP contribution >= 0.6 is 11.8 Å². The van der Waals surface area contributed by atoms with Gasteiger partial charge in [-0.2, -0.15) is 0 Å². The van der Waals surface area contributed by atoms with Gasteiger partial charge < -0.3 is 9.47 Å². The molecule has 0 amide bonds. The number of benzene rings is 2. The van der Waals surface area contributed by atoms with Gasteiger partial charge in [0.2, 0.25) is 0 Å². The van der Waals surface area contributed by atoms with Crippen LogP contribution in [0.2, 0.25) is 0 Å². The standard InChI is InChI=1S/C21H23FO3S/c1-15(23)11-16-3-5-19(6-4-16)26-20-13-17(12-18(22)14-20)21(24-2)7-9-25-10-8-21/h3-6,12-14H,7-11H2,1-2H3. The van der Waals surface area contributed by atoms with Crippen LogP contribution in [0.15, 0.2) is 52.3 Å². The van der Waals surface area contributed by atoms with Crippen LogP contribution < -0.4 is 0 Å². The summed E-state index contributed by atoms with van der Waals surface area (Å²) in [5.41, 5.74) is 1.36. The van der Waals surface area contributed by atoms with Crippen molar-refractivity contribution >= 4 is 17.5 Å². The molecule has 0 aromatic heterocycles. The molecule has 0 saturated carbocycles. The highest BCUT2D eigenvalue weighted by molar-refractivity contribution is 7.99. The Hall–Kier alpha value is -1.69. The molecule has 0 atom stereocenters. The lowest BCUT2D eigenvalue weighted by atomic mass is 9.86. The number of hydrogen-bond donors (Lipinski definition) is 0. The van der Waals surface area contributed by atoms with Gasteiger partial charge in [-0.25, -0.2) is 4.39 Å². The maximum absolute atomic E-state index is 14.3. The van der Waals surface area contributed by atoms with Crippen molar-refractivity contribution in [2.45, 2.75) is 41.6 Å². The van der Waals surface area contributed by atoms with Crippen molar-refractivity contribution in [1.29, 1.82) is 0 Å². The number of halogens is 1. The van der Waals surface area contributed by atoms with Gasteiger partial charge in [0.1, 0.15) is 11.6 Å². The van der Waals surface area contributed by atoms with Gasteiger partial charge in [-0.3, -0.25) is 4.79 Å². The van der Waals surface area contributed by atoms with Gasteiger partial charge in [0.25, 0.3) is 0 Å². The highest BCUT2D eigenvalue weighted by Crippen LogP contribution is 2.38. The van der Waals surface area contributed by atoms with Gasteiger partial charge in [-0.05, 0) is 48.4 Å². The molecule has 0 unspecified atom stereocenters. The molecule has 1 heterocycles. The highest BCUT2D eigenvalue weighted by atomic mass is 32.2. The summed E-state index contributed by atoms with van der Waals surface area (Å²) in [7, 11) is 1.68. The Morgan fingerprint density at radius 2 is 1.85 bits per heavy atom. The molecule has 1 fully saturated rings. The maximum atomic E-state index is 14.3. The minimum atomic E-state index is -0.485. The highest BCUT2D eigenvalue weighted by Gasteiger charge is 2.35. The number of rotatable bonds is 6. The molecule has 3 nitrogen and oxygen atoms in total. The van der Waals surface area contributed by atoms with Crippen molar-refractivity contribution < 1.29 is 18.7 Å². The van der Waals surface area contributed by atoms with E-state index in [1.807, 2.05) is 30.3 Å². The summed E-state index contributed by atoms with van der Waals surface area (Å²) >= 11 is 1.50. The van der Waals surface area contributed by atoms with Crippen molar-refractivity contribution in [2.24, 2.45) is 0 Å². The number of methoxy groups -OCH3 is 1. The molecule has 3 rings (SSSR count). The first-order valence-electron chi connectivity index (χ1n) is 8.71. The fourth-order valence-electron chi connectivity index (χ4n) is 3.30. The Balaban J connectivity index is 1.82. The lowest BCUT2D eigenvalue weighted by Gasteiger charge is -2.36. The Morgan fingerprint density at radius 3 is 2.46 bits per heavy atom. The van der Waals surface area contributed by atoms with E-state index in [1.54, 1.807) is 26.2 Å². The molecule has 0 aliphatic carbocycles. The molecule has 5 heteroatoms. The summed E-state index contributed by atoms with van der Waals surface area (Å²) in [4.78, 5) is 13.0. The van der Waals surface area contributed by atoms with Crippen LogP contribution in [0.5, 0.6) is 0 Å². The molecule has 0 bridgehead atoms. The fraction of sp³-hybridized carbons (Fsp3) is 0.381. The smallest absolute Gasteiger partial charge is 0.134 e. The van der Waals surface area contributed by atoms with Gasteiger partial charge in [0.15, 0.2) is 0 Å². The Morgan fingerprint density at radius 1 is 1.15 bits per heavy atom. The third-order valence-corrected chi connectivity index (χ3v) is 5.68. The summed E-state index contributed by atoms with van der Waals surface area (Å²) in [5, 5.41) is 0. The first kappa shape index (κ1) is 19.1. The van der Waals surface area contributed by atoms with Crippen molar-refractivity contribution in [1.82, 2.24) is 0 Å². The van der Waals surface area contributed by atoms with Gasteiger partial charge in [0.05, 0.1) is 5.60 Å². The zero-order valence-corrected chi connectivity index (χ0v) is 15.9. The molecule has 1 aliphatic heterocycles. The van der Waals surface area contributed by atoms with Crippen LogP contribution in [0.4, 0.5) is 4.39 Å². The zero-order chi connectivity index (χ0) is 18.6. The second-order valence-electron chi connectivity index (χ2n) is 6.61. The predicted octanol–water partition coefficient (Wildman–Crippen LogP) is 4.76. The van der Waals surface area contributed by atoms with E-state index in [9.17, 15) is 9.18 Å². The molecule has 1 saturated heterocycles.